The fourth-order valence-electron chi connectivity index (χ4n) is 4.56. The van der Waals surface area contributed by atoms with E-state index in [-0.39, 0.29) is 18.1 Å². The lowest BCUT2D eigenvalue weighted by Gasteiger charge is -2.26. The normalized spacial score (nSPS) is 19.8. The number of carbonyl (C=O) groups excluding carboxylic acids is 3. The van der Waals surface area contributed by atoms with Gasteiger partial charge in [-0.15, -0.1) is 0 Å². The summed E-state index contributed by atoms with van der Waals surface area (Å²) in [5.74, 6) is -1.90. The van der Waals surface area contributed by atoms with Gasteiger partial charge in [0.25, 0.3) is 17.4 Å². The van der Waals surface area contributed by atoms with E-state index >= 15 is 0 Å². The molecule has 2 aliphatic heterocycles. The Morgan fingerprint density at radius 2 is 1.83 bits per heavy atom. The van der Waals surface area contributed by atoms with E-state index in [2.05, 4.69) is 10.5 Å². The smallest absolute Gasteiger partial charge is 0.277 e. The standard InChI is InChI=1S/C27H23N3O6/c1-15-7-9-16(10-8-15)25(32)23-24(17-11-12-20(21(13-17)34-2)35-14-22(28)31)30-36-27(23)18-5-3-4-6-19(18)29-26(27)33/h3-13,23H,14H2,1-2H3,(H2,28,31)(H,29,33)/t23-,27-/m1/s1. The molecule has 0 radical (unpaired) electrons. The van der Waals surface area contributed by atoms with Crippen molar-refractivity contribution >= 4 is 29.0 Å². The Kier molecular flexibility index (Phi) is 5.68. The van der Waals surface area contributed by atoms with Crippen molar-refractivity contribution in [3.05, 3.63) is 89.0 Å². The number of rotatable bonds is 7. The number of oxime groups is 1. The molecule has 0 fully saturated rings. The summed E-state index contributed by atoms with van der Waals surface area (Å²) in [6.07, 6.45) is 0. The van der Waals surface area contributed by atoms with E-state index in [1.165, 1.54) is 7.11 Å². The molecule has 2 aliphatic rings. The third-order valence-electron chi connectivity index (χ3n) is 6.31. The highest BCUT2D eigenvalue weighted by Crippen LogP contribution is 2.50. The molecule has 1 spiro atoms. The number of nitrogens with one attached hydrogen (secondary N) is 1. The van der Waals surface area contributed by atoms with Crippen LogP contribution in [0.2, 0.25) is 0 Å². The molecule has 0 aromatic heterocycles. The number of benzene rings is 3. The molecule has 3 aromatic carbocycles. The second kappa shape index (κ2) is 8.84. The first-order chi connectivity index (χ1) is 17.3. The summed E-state index contributed by atoms with van der Waals surface area (Å²) in [5, 5.41) is 7.11. The number of nitrogens with two attached hydrogens (primary N) is 1. The van der Waals surface area contributed by atoms with Crippen LogP contribution in [0.15, 0.2) is 71.9 Å². The first kappa shape index (κ1) is 23.1. The van der Waals surface area contributed by atoms with Gasteiger partial charge in [0, 0.05) is 22.4 Å². The van der Waals surface area contributed by atoms with E-state index in [9.17, 15) is 14.4 Å². The Balaban J connectivity index is 1.62. The van der Waals surface area contributed by atoms with Crippen LogP contribution < -0.4 is 20.5 Å². The highest BCUT2D eigenvalue weighted by atomic mass is 16.7. The fraction of sp³-hybridized carbons (Fsp3) is 0.185. The third kappa shape index (κ3) is 3.65. The van der Waals surface area contributed by atoms with Crippen molar-refractivity contribution in [1.82, 2.24) is 0 Å². The summed E-state index contributed by atoms with van der Waals surface area (Å²) in [6, 6.07) is 19.1. The average molecular weight is 485 g/mol. The van der Waals surface area contributed by atoms with E-state index in [1.54, 1.807) is 54.6 Å². The fourth-order valence-corrected chi connectivity index (χ4v) is 4.56. The monoisotopic (exact) mass is 485 g/mol. The van der Waals surface area contributed by atoms with E-state index in [4.69, 9.17) is 20.0 Å². The number of amides is 2. The minimum absolute atomic E-state index is 0.271. The lowest BCUT2D eigenvalue weighted by Crippen LogP contribution is -2.46. The molecule has 0 saturated carbocycles. The van der Waals surface area contributed by atoms with Crippen LogP contribution in [0, 0.1) is 12.8 Å². The first-order valence-electron chi connectivity index (χ1n) is 11.2. The molecule has 2 heterocycles. The summed E-state index contributed by atoms with van der Waals surface area (Å²) in [4.78, 5) is 44.5. The number of carbonyl (C=O) groups is 3. The second-order valence-corrected chi connectivity index (χ2v) is 8.59. The summed E-state index contributed by atoms with van der Waals surface area (Å²) < 4.78 is 10.8. The number of hydrogen-bond acceptors (Lipinski definition) is 7. The number of para-hydroxylation sites is 1. The number of hydrogen-bond donors (Lipinski definition) is 2. The molecule has 3 N–H and O–H groups in total. The molecule has 9 nitrogen and oxygen atoms in total. The van der Waals surface area contributed by atoms with Gasteiger partial charge in [-0.25, -0.2) is 0 Å². The van der Waals surface area contributed by atoms with Crippen LogP contribution >= 0.6 is 0 Å². The van der Waals surface area contributed by atoms with E-state index < -0.39 is 23.3 Å². The van der Waals surface area contributed by atoms with Crippen molar-refractivity contribution in [3.63, 3.8) is 0 Å². The van der Waals surface area contributed by atoms with Gasteiger partial charge in [0.1, 0.15) is 11.6 Å². The number of Topliss-reactive ketones (excluding diaryl/α,β-unsaturated/α-hetero) is 1. The minimum Gasteiger partial charge on any atom is -0.493 e. The Bertz CT molecular complexity index is 1420. The summed E-state index contributed by atoms with van der Waals surface area (Å²) in [5.41, 5.74) is 6.81. The molecule has 5 rings (SSSR count). The topological polar surface area (TPSA) is 129 Å². The minimum atomic E-state index is -1.66. The van der Waals surface area contributed by atoms with Crippen LogP contribution in [-0.2, 0) is 20.0 Å². The first-order valence-corrected chi connectivity index (χ1v) is 11.2. The van der Waals surface area contributed by atoms with Crippen LogP contribution in [0.4, 0.5) is 5.69 Å². The Morgan fingerprint density at radius 3 is 2.56 bits per heavy atom. The second-order valence-electron chi connectivity index (χ2n) is 8.59. The number of aryl methyl sites for hydroxylation is 1. The van der Waals surface area contributed by atoms with Crippen LogP contribution in [-0.4, -0.2) is 37.0 Å². The number of primary amides is 1. The van der Waals surface area contributed by atoms with Crippen LogP contribution in [0.25, 0.3) is 0 Å². The van der Waals surface area contributed by atoms with Crippen molar-refractivity contribution in [2.45, 2.75) is 12.5 Å². The number of nitrogens with zero attached hydrogens (tertiary/aromatic N) is 1. The highest BCUT2D eigenvalue weighted by molar-refractivity contribution is 6.24. The van der Waals surface area contributed by atoms with Gasteiger partial charge in [-0.05, 0) is 31.2 Å². The molecule has 0 bridgehead atoms. The molecule has 0 aliphatic carbocycles. The van der Waals surface area contributed by atoms with Crippen LogP contribution in [0.1, 0.15) is 27.0 Å². The Hall–Kier alpha value is -4.66. The van der Waals surface area contributed by atoms with Gasteiger partial charge in [0.2, 0.25) is 0 Å². The van der Waals surface area contributed by atoms with Crippen molar-refractivity contribution in [3.8, 4) is 11.5 Å². The molecule has 9 heteroatoms. The maximum absolute atomic E-state index is 14.0. The number of fused-ring (bicyclic) bond motifs is 2. The molecule has 3 aromatic rings. The summed E-state index contributed by atoms with van der Waals surface area (Å²) >= 11 is 0. The molecule has 2 atom stereocenters. The number of methoxy groups -OCH3 is 1. The maximum atomic E-state index is 14.0. The summed E-state index contributed by atoms with van der Waals surface area (Å²) in [6.45, 7) is 1.60. The van der Waals surface area contributed by atoms with E-state index in [1.807, 2.05) is 19.1 Å². The summed E-state index contributed by atoms with van der Waals surface area (Å²) in [7, 11) is 1.44. The zero-order valence-electron chi connectivity index (χ0n) is 19.6. The van der Waals surface area contributed by atoms with E-state index in [0.29, 0.717) is 33.9 Å². The zero-order valence-corrected chi connectivity index (χ0v) is 19.6. The van der Waals surface area contributed by atoms with Crippen molar-refractivity contribution in [2.24, 2.45) is 16.8 Å². The molecule has 0 unspecified atom stereocenters. The van der Waals surface area contributed by atoms with Crippen molar-refractivity contribution < 1.29 is 28.7 Å². The number of ether oxygens (including phenoxy) is 2. The maximum Gasteiger partial charge on any atom is 0.277 e. The lowest BCUT2D eigenvalue weighted by atomic mass is 9.74. The SMILES string of the molecule is COc1cc(C2=NO[C@@]3(C(=O)Nc4ccccc43)[C@H]2C(=O)c2ccc(C)cc2)ccc1OCC(N)=O. The highest BCUT2D eigenvalue weighted by Gasteiger charge is 2.63. The predicted octanol–water partition coefficient (Wildman–Crippen LogP) is 2.95. The van der Waals surface area contributed by atoms with Crippen LogP contribution in [0.3, 0.4) is 0 Å². The van der Waals surface area contributed by atoms with Gasteiger partial charge in [-0.3, -0.25) is 14.4 Å². The quantitative estimate of drug-likeness (QED) is 0.495. The predicted molar refractivity (Wildman–Crippen MR) is 131 cm³/mol. The van der Waals surface area contributed by atoms with Gasteiger partial charge >= 0.3 is 0 Å². The zero-order chi connectivity index (χ0) is 25.4. The molecule has 36 heavy (non-hydrogen) atoms. The molecule has 182 valence electrons. The van der Waals surface area contributed by atoms with Gasteiger partial charge in [-0.2, -0.15) is 0 Å². The molecule has 2 amide bonds. The van der Waals surface area contributed by atoms with E-state index in [0.717, 1.165) is 5.56 Å². The Labute approximate surface area is 206 Å². The number of anilines is 1. The molecular weight excluding hydrogens is 462 g/mol. The largest absolute Gasteiger partial charge is 0.493 e. The van der Waals surface area contributed by atoms with Crippen molar-refractivity contribution in [1.29, 1.82) is 0 Å². The lowest BCUT2D eigenvalue weighted by molar-refractivity contribution is -0.140. The average Bonchev–Trinajstić information content (AvgIpc) is 3.41. The van der Waals surface area contributed by atoms with Crippen molar-refractivity contribution in [2.75, 3.05) is 19.0 Å². The Morgan fingerprint density at radius 1 is 1.08 bits per heavy atom. The van der Waals surface area contributed by atoms with Gasteiger partial charge in [0.15, 0.2) is 23.9 Å². The van der Waals surface area contributed by atoms with Crippen LogP contribution in [0.5, 0.6) is 11.5 Å². The molecule has 0 saturated heterocycles. The van der Waals surface area contributed by atoms with Gasteiger partial charge in [-0.1, -0.05) is 53.2 Å². The number of ketones is 1. The third-order valence-corrected chi connectivity index (χ3v) is 6.31. The van der Waals surface area contributed by atoms with Gasteiger partial charge < -0.3 is 25.4 Å². The van der Waals surface area contributed by atoms with Gasteiger partial charge in [0.05, 0.1) is 7.11 Å². The molecular formula is C27H23N3O6.